The number of nitrogens with zero attached hydrogens (tertiary/aromatic N) is 1. The van der Waals surface area contributed by atoms with E-state index in [2.05, 4.69) is 41.7 Å². The number of alkyl halides is 1. The molecular weight excluding hydrogens is 237 g/mol. The van der Waals surface area contributed by atoms with Crippen LogP contribution in [-0.4, -0.2) is 3.92 Å². The topological polar surface area (TPSA) is 23.8 Å². The van der Waals surface area contributed by atoms with E-state index in [-0.39, 0.29) is 5.92 Å². The highest BCUT2D eigenvalue weighted by atomic mass is 127. The summed E-state index contributed by atoms with van der Waals surface area (Å²) in [7, 11) is 0. The molecule has 2 heteroatoms. The van der Waals surface area contributed by atoms with Gasteiger partial charge in [-0.2, -0.15) is 5.26 Å². The van der Waals surface area contributed by atoms with Gasteiger partial charge >= 0.3 is 0 Å². The van der Waals surface area contributed by atoms with Gasteiger partial charge in [-0.1, -0.05) is 46.4 Å². The maximum atomic E-state index is 8.65. The van der Waals surface area contributed by atoms with Crippen LogP contribution in [0.5, 0.6) is 0 Å². The van der Waals surface area contributed by atoms with E-state index in [1.165, 1.54) is 5.57 Å². The Morgan fingerprint density at radius 1 is 1.70 bits per heavy atom. The average molecular weight is 245 g/mol. The molecule has 0 radical (unpaired) electrons. The highest BCUT2D eigenvalue weighted by Crippen LogP contribution is 2.25. The van der Waals surface area contributed by atoms with E-state index < -0.39 is 0 Å². The molecule has 0 aliphatic heterocycles. The van der Waals surface area contributed by atoms with Gasteiger partial charge in [0, 0.05) is 0 Å². The van der Waals surface area contributed by atoms with Gasteiger partial charge in [0.2, 0.25) is 0 Å². The first-order chi connectivity index (χ1) is 4.75. The zero-order valence-corrected chi connectivity index (χ0v) is 7.87. The van der Waals surface area contributed by atoms with Crippen molar-refractivity contribution < 1.29 is 0 Å². The van der Waals surface area contributed by atoms with Crippen LogP contribution < -0.4 is 0 Å². The molecule has 0 saturated heterocycles. The molecule has 1 aliphatic carbocycles. The molecule has 0 fully saturated rings. The fraction of sp³-hybridized carbons (Fsp3) is 0.375. The van der Waals surface area contributed by atoms with Gasteiger partial charge < -0.3 is 0 Å². The normalized spacial score (nSPS) is 31.1. The second-order valence-electron chi connectivity index (χ2n) is 2.35. The minimum atomic E-state index is 0.0746. The lowest BCUT2D eigenvalue weighted by molar-refractivity contribution is 0.840. The Balaban J connectivity index is 2.80. The van der Waals surface area contributed by atoms with Crippen molar-refractivity contribution in [2.45, 2.75) is 10.8 Å². The van der Waals surface area contributed by atoms with E-state index in [0.717, 1.165) is 0 Å². The molecule has 0 saturated carbocycles. The van der Waals surface area contributed by atoms with Crippen LogP contribution in [0.25, 0.3) is 0 Å². The lowest BCUT2D eigenvalue weighted by Crippen LogP contribution is -2.13. The SMILES string of the molecule is CC1=CC=CC(C#N)C1I. The Morgan fingerprint density at radius 2 is 2.40 bits per heavy atom. The van der Waals surface area contributed by atoms with Crippen LogP contribution in [0.15, 0.2) is 23.8 Å². The first-order valence-electron chi connectivity index (χ1n) is 3.14. The summed E-state index contributed by atoms with van der Waals surface area (Å²) >= 11 is 2.30. The summed E-state index contributed by atoms with van der Waals surface area (Å²) in [6.07, 6.45) is 5.97. The van der Waals surface area contributed by atoms with Gasteiger partial charge in [-0.3, -0.25) is 0 Å². The molecule has 52 valence electrons. The summed E-state index contributed by atoms with van der Waals surface area (Å²) in [6.45, 7) is 2.06. The second kappa shape index (κ2) is 3.20. The number of rotatable bonds is 0. The minimum absolute atomic E-state index is 0.0746. The Morgan fingerprint density at radius 3 is 2.90 bits per heavy atom. The molecule has 10 heavy (non-hydrogen) atoms. The van der Waals surface area contributed by atoms with Gasteiger partial charge in [-0.15, -0.1) is 0 Å². The molecule has 1 nitrogen and oxygen atoms in total. The van der Waals surface area contributed by atoms with E-state index in [1.54, 1.807) is 0 Å². The Bertz CT molecular complexity index is 222. The zero-order chi connectivity index (χ0) is 7.56. The first-order valence-corrected chi connectivity index (χ1v) is 4.39. The molecule has 0 bridgehead atoms. The van der Waals surface area contributed by atoms with Crippen LogP contribution in [0.4, 0.5) is 0 Å². The lowest BCUT2D eigenvalue weighted by atomic mass is 9.97. The largest absolute Gasteiger partial charge is 0.198 e. The van der Waals surface area contributed by atoms with Gasteiger partial charge in [0.15, 0.2) is 0 Å². The van der Waals surface area contributed by atoms with Gasteiger partial charge in [-0.05, 0) is 6.92 Å². The van der Waals surface area contributed by atoms with Crippen molar-refractivity contribution >= 4 is 22.6 Å². The van der Waals surface area contributed by atoms with Crippen LogP contribution in [0.3, 0.4) is 0 Å². The van der Waals surface area contributed by atoms with Gasteiger partial charge in [-0.25, -0.2) is 0 Å². The third-order valence-corrected chi connectivity index (χ3v) is 3.33. The molecule has 0 amide bonds. The second-order valence-corrected chi connectivity index (χ2v) is 3.69. The molecule has 0 aromatic heterocycles. The number of allylic oxidation sites excluding steroid dienone is 4. The van der Waals surface area contributed by atoms with Crippen molar-refractivity contribution in [1.82, 2.24) is 0 Å². The molecule has 1 aliphatic rings. The van der Waals surface area contributed by atoms with Crippen LogP contribution >= 0.6 is 22.6 Å². The monoisotopic (exact) mass is 245 g/mol. The molecule has 0 N–H and O–H groups in total. The summed E-state index contributed by atoms with van der Waals surface area (Å²) in [5, 5.41) is 8.65. The Kier molecular flexibility index (Phi) is 2.50. The van der Waals surface area contributed by atoms with Crippen LogP contribution in [0, 0.1) is 17.2 Å². The minimum Gasteiger partial charge on any atom is -0.198 e. The summed E-state index contributed by atoms with van der Waals surface area (Å²) < 4.78 is 0.368. The summed E-state index contributed by atoms with van der Waals surface area (Å²) in [4.78, 5) is 0. The van der Waals surface area contributed by atoms with E-state index in [1.807, 2.05) is 12.2 Å². The van der Waals surface area contributed by atoms with Crippen LogP contribution in [-0.2, 0) is 0 Å². The van der Waals surface area contributed by atoms with Crippen LogP contribution in [0.2, 0.25) is 0 Å². The molecule has 0 heterocycles. The highest BCUT2D eigenvalue weighted by Gasteiger charge is 2.18. The summed E-state index contributed by atoms with van der Waals surface area (Å²) in [5.74, 6) is 0.0746. The van der Waals surface area contributed by atoms with Crippen molar-refractivity contribution in [2.75, 3.05) is 0 Å². The van der Waals surface area contributed by atoms with Crippen LogP contribution in [0.1, 0.15) is 6.92 Å². The van der Waals surface area contributed by atoms with Crippen molar-refractivity contribution in [2.24, 2.45) is 5.92 Å². The fourth-order valence-corrected chi connectivity index (χ4v) is 1.52. The third-order valence-electron chi connectivity index (χ3n) is 1.58. The number of nitriles is 1. The van der Waals surface area contributed by atoms with E-state index in [9.17, 15) is 0 Å². The Hall–Kier alpha value is -0.300. The number of halogens is 1. The fourth-order valence-electron chi connectivity index (χ4n) is 0.908. The summed E-state index contributed by atoms with van der Waals surface area (Å²) in [6, 6.07) is 2.25. The van der Waals surface area contributed by atoms with Gasteiger partial charge in [0.25, 0.3) is 0 Å². The zero-order valence-electron chi connectivity index (χ0n) is 5.71. The maximum Gasteiger partial charge on any atom is 0.0801 e. The highest BCUT2D eigenvalue weighted by molar-refractivity contribution is 14.1. The molecule has 0 spiro atoms. The maximum absolute atomic E-state index is 8.65. The quantitative estimate of drug-likeness (QED) is 0.475. The number of hydrogen-bond donors (Lipinski definition) is 0. The third kappa shape index (κ3) is 1.40. The Labute approximate surface area is 74.6 Å². The average Bonchev–Trinajstić information content (AvgIpc) is 1.95. The van der Waals surface area contributed by atoms with Crippen molar-refractivity contribution in [3.05, 3.63) is 23.8 Å². The predicted octanol–water partition coefficient (Wildman–Crippen LogP) is 2.45. The van der Waals surface area contributed by atoms with Crippen molar-refractivity contribution in [1.29, 1.82) is 5.26 Å². The van der Waals surface area contributed by atoms with Crippen molar-refractivity contribution in [3.63, 3.8) is 0 Å². The standard InChI is InChI=1S/C8H8IN/c1-6-3-2-4-7(5-10)8(6)9/h2-4,7-8H,1H3. The molecule has 0 aromatic carbocycles. The van der Waals surface area contributed by atoms with E-state index in [0.29, 0.717) is 3.92 Å². The first kappa shape index (κ1) is 7.80. The lowest BCUT2D eigenvalue weighted by Gasteiger charge is -2.15. The summed E-state index contributed by atoms with van der Waals surface area (Å²) in [5.41, 5.74) is 1.29. The molecule has 0 aromatic rings. The molecular formula is C8H8IN. The van der Waals surface area contributed by atoms with Crippen molar-refractivity contribution in [3.8, 4) is 6.07 Å². The molecule has 2 unspecified atom stereocenters. The van der Waals surface area contributed by atoms with E-state index >= 15 is 0 Å². The van der Waals surface area contributed by atoms with E-state index in [4.69, 9.17) is 5.26 Å². The predicted molar refractivity (Wildman–Crippen MR) is 49.8 cm³/mol. The molecule has 2 atom stereocenters. The molecule has 1 rings (SSSR count). The van der Waals surface area contributed by atoms with Gasteiger partial charge in [0.1, 0.15) is 0 Å². The number of hydrogen-bond acceptors (Lipinski definition) is 1. The van der Waals surface area contributed by atoms with Gasteiger partial charge in [0.05, 0.1) is 15.9 Å². The smallest absolute Gasteiger partial charge is 0.0801 e.